The number of hydrogen-bond donors (Lipinski definition) is 2. The maximum atomic E-state index is 12.1. The molecule has 0 aliphatic carbocycles. The normalized spacial score (nSPS) is 12.1. The molecule has 0 fully saturated rings. The van der Waals surface area contributed by atoms with Crippen molar-refractivity contribution in [3.63, 3.8) is 0 Å². The fraction of sp³-hybridized carbons (Fsp3) is 0.250. The molecule has 1 heterocycles. The van der Waals surface area contributed by atoms with Crippen molar-refractivity contribution in [2.24, 2.45) is 5.73 Å². The van der Waals surface area contributed by atoms with Crippen molar-refractivity contribution in [2.75, 3.05) is 6.54 Å². The van der Waals surface area contributed by atoms with Gasteiger partial charge in [0.1, 0.15) is 4.88 Å². The molecule has 0 spiro atoms. The molecule has 0 bridgehead atoms. The zero-order valence-corrected chi connectivity index (χ0v) is 14.3. The van der Waals surface area contributed by atoms with Gasteiger partial charge < -0.3 is 11.1 Å². The highest BCUT2D eigenvalue weighted by atomic mass is 35.5. The van der Waals surface area contributed by atoms with Gasteiger partial charge in [-0.15, -0.1) is 23.7 Å². The number of rotatable bonds is 3. The first kappa shape index (κ1) is 17.8. The molecule has 0 saturated heterocycles. The number of hydrogen-bond acceptors (Lipinski definition) is 3. The lowest BCUT2D eigenvalue weighted by atomic mass is 10.2. The second-order valence-electron chi connectivity index (χ2n) is 4.12. The maximum absolute atomic E-state index is 12.1. The average Bonchev–Trinajstić information content (AvgIpc) is 2.66. The lowest BCUT2D eigenvalue weighted by Crippen LogP contribution is -2.37. The maximum Gasteiger partial charge on any atom is 0.263 e. The molecule has 0 unspecified atom stereocenters. The van der Waals surface area contributed by atoms with E-state index in [9.17, 15) is 4.79 Å². The van der Waals surface area contributed by atoms with Crippen molar-refractivity contribution in [3.05, 3.63) is 32.1 Å². The third-order valence-electron chi connectivity index (χ3n) is 2.59. The smallest absolute Gasteiger partial charge is 0.263 e. The van der Waals surface area contributed by atoms with E-state index in [4.69, 9.17) is 40.5 Å². The van der Waals surface area contributed by atoms with Crippen LogP contribution in [-0.2, 0) is 0 Å². The van der Waals surface area contributed by atoms with Crippen LogP contribution in [0.15, 0.2) is 12.1 Å². The van der Waals surface area contributed by atoms with Crippen LogP contribution in [0.3, 0.4) is 0 Å². The first-order valence-corrected chi connectivity index (χ1v) is 7.47. The Morgan fingerprint density at radius 2 is 2.05 bits per heavy atom. The molecular weight excluding hydrogens is 362 g/mol. The number of benzene rings is 1. The van der Waals surface area contributed by atoms with E-state index in [1.165, 1.54) is 11.3 Å². The second-order valence-corrected chi connectivity index (χ2v) is 6.39. The summed E-state index contributed by atoms with van der Waals surface area (Å²) in [4.78, 5) is 12.5. The lowest BCUT2D eigenvalue weighted by molar-refractivity contribution is 0.0945. The quantitative estimate of drug-likeness (QED) is 0.839. The van der Waals surface area contributed by atoms with Crippen molar-refractivity contribution in [1.29, 1.82) is 0 Å². The van der Waals surface area contributed by atoms with Gasteiger partial charge in [0.05, 0.1) is 10.0 Å². The first-order chi connectivity index (χ1) is 8.93. The van der Waals surface area contributed by atoms with Crippen molar-refractivity contribution in [3.8, 4) is 0 Å². The standard InChI is InChI=1S/C12H11Cl3N2OS.ClH/c1-5(4-16)17-12(18)11-10(15)9-7(14)2-6(13)3-8(9)19-11;/h2-3,5H,4,16H2,1H3,(H,17,18);1H/t5-;/m0./s1. The van der Waals surface area contributed by atoms with Crippen molar-refractivity contribution < 1.29 is 4.79 Å². The minimum Gasteiger partial charge on any atom is -0.348 e. The summed E-state index contributed by atoms with van der Waals surface area (Å²) < 4.78 is 0.785. The highest BCUT2D eigenvalue weighted by molar-refractivity contribution is 7.21. The predicted octanol–water partition coefficient (Wildman–Crippen LogP) is 4.36. The molecule has 1 atom stereocenters. The Balaban J connectivity index is 0.00000200. The summed E-state index contributed by atoms with van der Waals surface area (Å²) in [6.45, 7) is 2.18. The SMILES string of the molecule is C[C@@H](CN)NC(=O)c1sc2cc(Cl)cc(Cl)c2c1Cl.Cl. The minimum absolute atomic E-state index is 0. The van der Waals surface area contributed by atoms with Gasteiger partial charge >= 0.3 is 0 Å². The number of carbonyl (C=O) groups is 1. The molecular formula is C12H12Cl4N2OS. The Labute approximate surface area is 141 Å². The second kappa shape index (κ2) is 7.16. The molecule has 110 valence electrons. The van der Waals surface area contributed by atoms with Gasteiger partial charge in [0, 0.05) is 27.7 Å². The molecule has 0 saturated carbocycles. The third-order valence-corrected chi connectivity index (χ3v) is 4.73. The number of nitrogens with two attached hydrogens (primary N) is 1. The summed E-state index contributed by atoms with van der Waals surface area (Å²) in [6, 6.07) is 3.23. The molecule has 1 aromatic carbocycles. The van der Waals surface area contributed by atoms with Gasteiger partial charge in [-0.2, -0.15) is 0 Å². The number of fused-ring (bicyclic) bond motifs is 1. The number of nitrogens with one attached hydrogen (secondary N) is 1. The van der Waals surface area contributed by atoms with E-state index in [2.05, 4.69) is 5.32 Å². The van der Waals surface area contributed by atoms with E-state index < -0.39 is 0 Å². The van der Waals surface area contributed by atoms with Crippen LogP contribution >= 0.6 is 58.5 Å². The molecule has 8 heteroatoms. The van der Waals surface area contributed by atoms with Gasteiger partial charge in [-0.1, -0.05) is 34.8 Å². The largest absolute Gasteiger partial charge is 0.348 e. The molecule has 0 radical (unpaired) electrons. The van der Waals surface area contributed by atoms with Crippen LogP contribution in [0.25, 0.3) is 10.1 Å². The summed E-state index contributed by atoms with van der Waals surface area (Å²) in [7, 11) is 0. The van der Waals surface area contributed by atoms with Crippen LogP contribution < -0.4 is 11.1 Å². The van der Waals surface area contributed by atoms with Gasteiger partial charge in [-0.25, -0.2) is 0 Å². The molecule has 1 aromatic heterocycles. The summed E-state index contributed by atoms with van der Waals surface area (Å²) in [5, 5.41) is 4.73. The highest BCUT2D eigenvalue weighted by Crippen LogP contribution is 2.41. The molecule has 3 nitrogen and oxygen atoms in total. The van der Waals surface area contributed by atoms with E-state index in [1.807, 2.05) is 6.92 Å². The van der Waals surface area contributed by atoms with Gasteiger partial charge in [0.15, 0.2) is 0 Å². The Bertz CT molecular complexity index is 644. The molecule has 3 N–H and O–H groups in total. The third kappa shape index (κ3) is 3.50. The van der Waals surface area contributed by atoms with Gasteiger partial charge in [0.2, 0.25) is 0 Å². The van der Waals surface area contributed by atoms with Gasteiger partial charge in [-0.3, -0.25) is 4.79 Å². The Morgan fingerprint density at radius 1 is 1.40 bits per heavy atom. The number of amides is 1. The molecule has 0 aliphatic heterocycles. The Morgan fingerprint density at radius 3 is 2.65 bits per heavy atom. The van der Waals surface area contributed by atoms with Crippen LogP contribution in [0, 0.1) is 0 Å². The van der Waals surface area contributed by atoms with Crippen molar-refractivity contribution in [1.82, 2.24) is 5.32 Å². The average molecular weight is 374 g/mol. The van der Waals surface area contributed by atoms with Crippen molar-refractivity contribution >= 4 is 74.5 Å². The van der Waals surface area contributed by atoms with Crippen LogP contribution in [0.5, 0.6) is 0 Å². The van der Waals surface area contributed by atoms with Gasteiger partial charge in [0.25, 0.3) is 5.91 Å². The van der Waals surface area contributed by atoms with Crippen molar-refractivity contribution in [2.45, 2.75) is 13.0 Å². The van der Waals surface area contributed by atoms with Crippen LogP contribution in [-0.4, -0.2) is 18.5 Å². The minimum atomic E-state index is -0.253. The first-order valence-electron chi connectivity index (χ1n) is 5.52. The van der Waals surface area contributed by atoms with Crippen LogP contribution in [0.2, 0.25) is 15.1 Å². The topological polar surface area (TPSA) is 55.1 Å². The molecule has 0 aliphatic rings. The molecule has 20 heavy (non-hydrogen) atoms. The van der Waals surface area contributed by atoms with Gasteiger partial charge in [-0.05, 0) is 19.1 Å². The Kier molecular flexibility index (Phi) is 6.38. The number of halogens is 4. The lowest BCUT2D eigenvalue weighted by Gasteiger charge is -2.10. The van der Waals surface area contributed by atoms with Crippen LogP contribution in [0.1, 0.15) is 16.6 Å². The summed E-state index contributed by atoms with van der Waals surface area (Å²) in [5.41, 5.74) is 5.47. The molecule has 2 rings (SSSR count). The fourth-order valence-corrected chi connectivity index (χ4v) is 3.89. The number of carbonyl (C=O) groups excluding carboxylic acids is 1. The van der Waals surface area contributed by atoms with Crippen LogP contribution in [0.4, 0.5) is 0 Å². The molecule has 2 aromatic rings. The number of thiophene rings is 1. The Hall–Kier alpha value is -0.230. The summed E-state index contributed by atoms with van der Waals surface area (Å²) >= 11 is 19.5. The highest BCUT2D eigenvalue weighted by Gasteiger charge is 2.20. The fourth-order valence-electron chi connectivity index (χ4n) is 1.61. The van der Waals surface area contributed by atoms with E-state index in [0.717, 1.165) is 4.70 Å². The van der Waals surface area contributed by atoms with E-state index >= 15 is 0 Å². The van der Waals surface area contributed by atoms with E-state index in [-0.39, 0.29) is 24.4 Å². The van der Waals surface area contributed by atoms with E-state index in [0.29, 0.717) is 31.9 Å². The summed E-state index contributed by atoms with van der Waals surface area (Å²) in [6.07, 6.45) is 0. The predicted molar refractivity (Wildman–Crippen MR) is 90.1 cm³/mol. The summed E-state index contributed by atoms with van der Waals surface area (Å²) in [5.74, 6) is -0.253. The zero-order chi connectivity index (χ0) is 14.2. The van der Waals surface area contributed by atoms with E-state index in [1.54, 1.807) is 12.1 Å². The molecule has 1 amide bonds. The zero-order valence-electron chi connectivity index (χ0n) is 10.4. The monoisotopic (exact) mass is 372 g/mol.